The van der Waals surface area contributed by atoms with Crippen LogP contribution in [0.2, 0.25) is 5.02 Å². The number of aryl methyl sites for hydroxylation is 1. The van der Waals surface area contributed by atoms with Crippen LogP contribution in [-0.2, 0) is 19.9 Å². The maximum absolute atomic E-state index is 6.00. The van der Waals surface area contributed by atoms with Gasteiger partial charge in [0.1, 0.15) is 0 Å². The number of nitrogens with one attached hydrogen (secondary N) is 1. The molecule has 1 aliphatic carbocycles. The van der Waals surface area contributed by atoms with Gasteiger partial charge in [-0.25, -0.2) is 0 Å². The van der Waals surface area contributed by atoms with Crippen molar-refractivity contribution < 1.29 is 0 Å². The maximum atomic E-state index is 6.00. The van der Waals surface area contributed by atoms with Gasteiger partial charge >= 0.3 is 0 Å². The van der Waals surface area contributed by atoms with E-state index in [4.69, 9.17) is 11.6 Å². The highest BCUT2D eigenvalue weighted by Gasteiger charge is 2.21. The van der Waals surface area contributed by atoms with Gasteiger partial charge in [0.2, 0.25) is 0 Å². The molecule has 17 heavy (non-hydrogen) atoms. The lowest BCUT2D eigenvalue weighted by Gasteiger charge is -2.10. The van der Waals surface area contributed by atoms with Gasteiger partial charge in [-0.15, -0.1) is 0 Å². The van der Waals surface area contributed by atoms with E-state index in [0.717, 1.165) is 23.6 Å². The van der Waals surface area contributed by atoms with Crippen LogP contribution in [0.15, 0.2) is 30.6 Å². The summed E-state index contributed by atoms with van der Waals surface area (Å²) in [6, 6.07) is 6.62. The SMILES string of the molecule is Cn1cc(NC2Cc3ccc(Cl)cc3C2)cn1. The van der Waals surface area contributed by atoms with E-state index >= 15 is 0 Å². The third-order valence-corrected chi connectivity index (χ3v) is 3.41. The van der Waals surface area contributed by atoms with E-state index in [0.29, 0.717) is 6.04 Å². The smallest absolute Gasteiger partial charge is 0.0728 e. The number of fused-ring (bicyclic) bond motifs is 1. The van der Waals surface area contributed by atoms with Gasteiger partial charge in [0, 0.05) is 24.3 Å². The van der Waals surface area contributed by atoms with Crippen molar-refractivity contribution in [1.82, 2.24) is 9.78 Å². The number of anilines is 1. The predicted molar refractivity (Wildman–Crippen MR) is 69.5 cm³/mol. The Kier molecular flexibility index (Phi) is 2.56. The average Bonchev–Trinajstić information content (AvgIpc) is 2.84. The van der Waals surface area contributed by atoms with Crippen LogP contribution in [-0.4, -0.2) is 15.8 Å². The van der Waals surface area contributed by atoms with Crippen LogP contribution in [0, 0.1) is 0 Å². The molecule has 88 valence electrons. The predicted octanol–water partition coefficient (Wildman–Crippen LogP) is 2.65. The Bertz CT molecular complexity index is 545. The molecule has 1 aromatic carbocycles. The van der Waals surface area contributed by atoms with Crippen LogP contribution in [0.4, 0.5) is 5.69 Å². The standard InChI is InChI=1S/C13H14ClN3/c1-17-8-13(7-15-17)16-12-5-9-2-3-11(14)4-10(9)6-12/h2-4,7-8,12,16H,5-6H2,1H3. The molecule has 0 radical (unpaired) electrons. The number of halogens is 1. The lowest BCUT2D eigenvalue weighted by atomic mass is 10.1. The minimum atomic E-state index is 0.452. The highest BCUT2D eigenvalue weighted by Crippen LogP contribution is 2.27. The van der Waals surface area contributed by atoms with E-state index in [2.05, 4.69) is 22.5 Å². The molecule has 1 atom stereocenters. The molecular formula is C13H14ClN3. The Labute approximate surface area is 105 Å². The summed E-state index contributed by atoms with van der Waals surface area (Å²) >= 11 is 6.00. The van der Waals surface area contributed by atoms with Gasteiger partial charge in [0.25, 0.3) is 0 Å². The molecule has 3 nitrogen and oxygen atoms in total. The summed E-state index contributed by atoms with van der Waals surface area (Å²) in [5, 5.41) is 8.48. The van der Waals surface area contributed by atoms with Crippen LogP contribution in [0.1, 0.15) is 11.1 Å². The highest BCUT2D eigenvalue weighted by molar-refractivity contribution is 6.30. The first-order valence-corrected chi connectivity index (χ1v) is 6.11. The van der Waals surface area contributed by atoms with E-state index in [1.807, 2.05) is 25.5 Å². The third-order valence-electron chi connectivity index (χ3n) is 3.18. The van der Waals surface area contributed by atoms with Crippen molar-refractivity contribution in [3.05, 3.63) is 46.7 Å². The van der Waals surface area contributed by atoms with Crippen molar-refractivity contribution in [1.29, 1.82) is 0 Å². The second-order valence-electron chi connectivity index (χ2n) is 4.57. The van der Waals surface area contributed by atoms with Crippen LogP contribution in [0.5, 0.6) is 0 Å². The van der Waals surface area contributed by atoms with Crippen molar-refractivity contribution in [2.75, 3.05) is 5.32 Å². The Hall–Kier alpha value is -1.48. The van der Waals surface area contributed by atoms with Crippen molar-refractivity contribution in [2.45, 2.75) is 18.9 Å². The molecule has 3 rings (SSSR count). The zero-order valence-electron chi connectivity index (χ0n) is 9.65. The van der Waals surface area contributed by atoms with Gasteiger partial charge in [-0.3, -0.25) is 4.68 Å². The first kappa shape index (κ1) is 10.7. The molecule has 1 aromatic heterocycles. The minimum Gasteiger partial charge on any atom is -0.379 e. The molecule has 1 aliphatic rings. The fourth-order valence-electron chi connectivity index (χ4n) is 2.42. The zero-order chi connectivity index (χ0) is 11.8. The molecule has 1 N–H and O–H groups in total. The van der Waals surface area contributed by atoms with Crippen molar-refractivity contribution in [2.24, 2.45) is 7.05 Å². The Balaban J connectivity index is 1.74. The van der Waals surface area contributed by atoms with Crippen molar-refractivity contribution >= 4 is 17.3 Å². The second kappa shape index (κ2) is 4.08. The third kappa shape index (κ3) is 2.15. The molecule has 2 aromatic rings. The largest absolute Gasteiger partial charge is 0.379 e. The van der Waals surface area contributed by atoms with E-state index < -0.39 is 0 Å². The van der Waals surface area contributed by atoms with Gasteiger partial charge in [0.05, 0.1) is 11.9 Å². The Morgan fingerprint density at radius 3 is 2.94 bits per heavy atom. The monoisotopic (exact) mass is 247 g/mol. The first-order chi connectivity index (χ1) is 8.20. The summed E-state index contributed by atoms with van der Waals surface area (Å²) in [5.41, 5.74) is 3.84. The first-order valence-electron chi connectivity index (χ1n) is 5.73. The molecule has 0 aliphatic heterocycles. The Morgan fingerprint density at radius 1 is 1.35 bits per heavy atom. The molecule has 0 bridgehead atoms. The van der Waals surface area contributed by atoms with Crippen LogP contribution >= 0.6 is 11.6 Å². The van der Waals surface area contributed by atoms with Gasteiger partial charge in [0.15, 0.2) is 0 Å². The fourth-order valence-corrected chi connectivity index (χ4v) is 2.61. The summed E-state index contributed by atoms with van der Waals surface area (Å²) in [6.07, 6.45) is 5.94. The van der Waals surface area contributed by atoms with Crippen LogP contribution in [0.25, 0.3) is 0 Å². The lowest BCUT2D eigenvalue weighted by Crippen LogP contribution is -2.18. The van der Waals surface area contributed by atoms with E-state index in [9.17, 15) is 0 Å². The molecule has 0 saturated carbocycles. The quantitative estimate of drug-likeness (QED) is 0.884. The molecule has 0 saturated heterocycles. The van der Waals surface area contributed by atoms with Gasteiger partial charge in [-0.2, -0.15) is 5.10 Å². The fraction of sp³-hybridized carbons (Fsp3) is 0.308. The highest BCUT2D eigenvalue weighted by atomic mass is 35.5. The van der Waals surface area contributed by atoms with Crippen molar-refractivity contribution in [3.63, 3.8) is 0 Å². The molecule has 1 unspecified atom stereocenters. The van der Waals surface area contributed by atoms with Gasteiger partial charge in [-0.05, 0) is 36.1 Å². The van der Waals surface area contributed by atoms with Crippen molar-refractivity contribution in [3.8, 4) is 0 Å². The van der Waals surface area contributed by atoms with E-state index in [1.165, 1.54) is 11.1 Å². The molecule has 4 heteroatoms. The van der Waals surface area contributed by atoms with E-state index in [-0.39, 0.29) is 0 Å². The molecular weight excluding hydrogens is 234 g/mol. The van der Waals surface area contributed by atoms with Gasteiger partial charge in [-0.1, -0.05) is 17.7 Å². The Morgan fingerprint density at radius 2 is 2.18 bits per heavy atom. The second-order valence-corrected chi connectivity index (χ2v) is 5.00. The summed E-state index contributed by atoms with van der Waals surface area (Å²) < 4.78 is 1.81. The zero-order valence-corrected chi connectivity index (χ0v) is 10.4. The molecule has 0 amide bonds. The van der Waals surface area contributed by atoms with Crippen LogP contribution < -0.4 is 5.32 Å². The van der Waals surface area contributed by atoms with Crippen LogP contribution in [0.3, 0.4) is 0 Å². The summed E-state index contributed by atoms with van der Waals surface area (Å²) in [4.78, 5) is 0. The number of hydrogen-bond donors (Lipinski definition) is 1. The summed E-state index contributed by atoms with van der Waals surface area (Å²) in [7, 11) is 1.92. The normalized spacial score (nSPS) is 18.1. The minimum absolute atomic E-state index is 0.452. The summed E-state index contributed by atoms with van der Waals surface area (Å²) in [5.74, 6) is 0. The average molecular weight is 248 g/mol. The molecule has 0 spiro atoms. The maximum Gasteiger partial charge on any atom is 0.0728 e. The number of nitrogens with zero attached hydrogens (tertiary/aromatic N) is 2. The number of rotatable bonds is 2. The number of hydrogen-bond acceptors (Lipinski definition) is 2. The topological polar surface area (TPSA) is 29.9 Å². The summed E-state index contributed by atoms with van der Waals surface area (Å²) in [6.45, 7) is 0. The van der Waals surface area contributed by atoms with Gasteiger partial charge < -0.3 is 5.32 Å². The molecule has 0 fully saturated rings. The number of benzene rings is 1. The van der Waals surface area contributed by atoms with E-state index in [1.54, 1.807) is 4.68 Å². The number of aromatic nitrogens is 2. The molecule has 1 heterocycles. The lowest BCUT2D eigenvalue weighted by molar-refractivity contribution is 0.763.